The molecule has 0 aliphatic rings. The highest BCUT2D eigenvalue weighted by Crippen LogP contribution is 2.14. The first-order valence-corrected chi connectivity index (χ1v) is 6.47. The molecule has 0 radical (unpaired) electrons. The van der Waals surface area contributed by atoms with Gasteiger partial charge in [-0.05, 0) is 46.2 Å². The van der Waals surface area contributed by atoms with Crippen molar-refractivity contribution in [3.8, 4) is 0 Å². The van der Waals surface area contributed by atoms with Crippen molar-refractivity contribution < 1.29 is 0 Å². The molecule has 0 amide bonds. The Kier molecular flexibility index (Phi) is 6.48. The first-order valence-electron chi connectivity index (χ1n) is 6.10. The molecule has 1 aromatic rings. The summed E-state index contributed by atoms with van der Waals surface area (Å²) < 4.78 is 0. The minimum atomic E-state index is 0.624. The second kappa shape index (κ2) is 7.64. The van der Waals surface area contributed by atoms with Gasteiger partial charge in [0.1, 0.15) is 5.15 Å². The van der Waals surface area contributed by atoms with Crippen LogP contribution in [-0.4, -0.2) is 48.5 Å². The molecule has 0 spiro atoms. The number of hydrogen-bond acceptors (Lipinski definition) is 3. The van der Waals surface area contributed by atoms with Crippen molar-refractivity contribution in [1.82, 2.24) is 14.8 Å². The third-order valence-corrected chi connectivity index (χ3v) is 3.10. The summed E-state index contributed by atoms with van der Waals surface area (Å²) >= 11 is 6.06. The quantitative estimate of drug-likeness (QED) is 0.698. The topological polar surface area (TPSA) is 19.4 Å². The predicted octanol–water partition coefficient (Wildman–Crippen LogP) is 2.51. The summed E-state index contributed by atoms with van der Waals surface area (Å²) in [5.74, 6) is 0. The lowest BCUT2D eigenvalue weighted by atomic mass is 10.2. The van der Waals surface area contributed by atoms with Gasteiger partial charge < -0.3 is 4.90 Å². The molecule has 17 heavy (non-hydrogen) atoms. The Morgan fingerprint density at radius 1 is 1.29 bits per heavy atom. The molecule has 0 aliphatic heterocycles. The summed E-state index contributed by atoms with van der Waals surface area (Å²) in [5.41, 5.74) is 1.11. The zero-order valence-electron chi connectivity index (χ0n) is 11.0. The first-order chi connectivity index (χ1) is 8.13. The number of nitrogens with zero attached hydrogens (tertiary/aromatic N) is 3. The zero-order chi connectivity index (χ0) is 12.7. The normalized spacial score (nSPS) is 11.4. The Morgan fingerprint density at radius 3 is 2.65 bits per heavy atom. The smallest absolute Gasteiger partial charge is 0.133 e. The number of aromatic nitrogens is 1. The average molecular weight is 256 g/mol. The van der Waals surface area contributed by atoms with Crippen molar-refractivity contribution in [3.63, 3.8) is 0 Å². The van der Waals surface area contributed by atoms with Crippen molar-refractivity contribution in [3.05, 3.63) is 29.0 Å². The SMILES string of the molecule is CCN(CCCN(C)C)Cc1cccnc1Cl. The molecule has 0 saturated heterocycles. The maximum Gasteiger partial charge on any atom is 0.133 e. The fraction of sp³-hybridized carbons (Fsp3) is 0.615. The minimum Gasteiger partial charge on any atom is -0.309 e. The van der Waals surface area contributed by atoms with E-state index in [2.05, 4.69) is 35.8 Å². The molecule has 1 aromatic heterocycles. The summed E-state index contributed by atoms with van der Waals surface area (Å²) in [6, 6.07) is 3.98. The van der Waals surface area contributed by atoms with Crippen molar-refractivity contribution in [1.29, 1.82) is 0 Å². The van der Waals surface area contributed by atoms with E-state index in [0.717, 1.165) is 31.7 Å². The van der Waals surface area contributed by atoms with Gasteiger partial charge in [0.15, 0.2) is 0 Å². The largest absolute Gasteiger partial charge is 0.309 e. The predicted molar refractivity (Wildman–Crippen MR) is 73.4 cm³/mol. The molecular formula is C13H22ClN3. The van der Waals surface area contributed by atoms with Crippen LogP contribution in [0, 0.1) is 0 Å². The molecule has 96 valence electrons. The average Bonchev–Trinajstić information content (AvgIpc) is 2.30. The van der Waals surface area contributed by atoms with E-state index in [1.165, 1.54) is 6.42 Å². The Labute approximate surface area is 109 Å². The van der Waals surface area contributed by atoms with Gasteiger partial charge in [0.25, 0.3) is 0 Å². The van der Waals surface area contributed by atoms with Gasteiger partial charge in [-0.1, -0.05) is 24.6 Å². The highest BCUT2D eigenvalue weighted by atomic mass is 35.5. The van der Waals surface area contributed by atoms with Crippen LogP contribution in [0.2, 0.25) is 5.15 Å². The summed E-state index contributed by atoms with van der Waals surface area (Å²) in [7, 11) is 4.21. The van der Waals surface area contributed by atoms with Crippen molar-refractivity contribution in [2.24, 2.45) is 0 Å². The van der Waals surface area contributed by atoms with Gasteiger partial charge >= 0.3 is 0 Å². The molecule has 0 aromatic carbocycles. The van der Waals surface area contributed by atoms with Crippen LogP contribution in [0.25, 0.3) is 0 Å². The van der Waals surface area contributed by atoms with Crippen LogP contribution in [0.15, 0.2) is 18.3 Å². The summed E-state index contributed by atoms with van der Waals surface area (Å²) in [6.45, 7) is 6.33. The van der Waals surface area contributed by atoms with Crippen LogP contribution in [0.1, 0.15) is 18.9 Å². The third-order valence-electron chi connectivity index (χ3n) is 2.76. The number of rotatable bonds is 7. The van der Waals surface area contributed by atoms with E-state index in [4.69, 9.17) is 11.6 Å². The summed E-state index contributed by atoms with van der Waals surface area (Å²) in [5, 5.41) is 0.624. The van der Waals surface area contributed by atoms with Crippen LogP contribution in [-0.2, 0) is 6.54 Å². The van der Waals surface area contributed by atoms with Gasteiger partial charge in [0.2, 0.25) is 0 Å². The van der Waals surface area contributed by atoms with E-state index in [1.807, 2.05) is 12.1 Å². The number of hydrogen-bond donors (Lipinski definition) is 0. The Balaban J connectivity index is 2.44. The van der Waals surface area contributed by atoms with Crippen LogP contribution in [0.3, 0.4) is 0 Å². The minimum absolute atomic E-state index is 0.624. The van der Waals surface area contributed by atoms with Crippen molar-refractivity contribution in [2.45, 2.75) is 19.9 Å². The van der Waals surface area contributed by atoms with E-state index in [9.17, 15) is 0 Å². The molecule has 0 atom stereocenters. The molecular weight excluding hydrogens is 234 g/mol. The van der Waals surface area contributed by atoms with E-state index in [1.54, 1.807) is 6.20 Å². The molecule has 0 bridgehead atoms. The second-order valence-electron chi connectivity index (χ2n) is 4.48. The summed E-state index contributed by atoms with van der Waals surface area (Å²) in [6.07, 6.45) is 2.91. The lowest BCUT2D eigenvalue weighted by molar-refractivity contribution is 0.259. The maximum atomic E-state index is 6.06. The van der Waals surface area contributed by atoms with Crippen molar-refractivity contribution >= 4 is 11.6 Å². The lowest BCUT2D eigenvalue weighted by Gasteiger charge is -2.21. The standard InChI is InChI=1S/C13H22ClN3/c1-4-17(10-6-9-16(2)3)11-12-7-5-8-15-13(12)14/h5,7-8H,4,6,9-11H2,1-3H3. The highest BCUT2D eigenvalue weighted by molar-refractivity contribution is 6.30. The maximum absolute atomic E-state index is 6.06. The molecule has 0 unspecified atom stereocenters. The molecule has 0 saturated carbocycles. The second-order valence-corrected chi connectivity index (χ2v) is 4.84. The fourth-order valence-electron chi connectivity index (χ4n) is 1.74. The van der Waals surface area contributed by atoms with Crippen LogP contribution in [0.4, 0.5) is 0 Å². The van der Waals surface area contributed by atoms with Gasteiger partial charge in [0, 0.05) is 18.3 Å². The zero-order valence-corrected chi connectivity index (χ0v) is 11.7. The van der Waals surface area contributed by atoms with Crippen LogP contribution < -0.4 is 0 Å². The highest BCUT2D eigenvalue weighted by Gasteiger charge is 2.07. The van der Waals surface area contributed by atoms with E-state index in [-0.39, 0.29) is 0 Å². The monoisotopic (exact) mass is 255 g/mol. The van der Waals surface area contributed by atoms with Crippen LogP contribution >= 0.6 is 11.6 Å². The Morgan fingerprint density at radius 2 is 2.06 bits per heavy atom. The first kappa shape index (κ1) is 14.4. The molecule has 3 nitrogen and oxygen atoms in total. The van der Waals surface area contributed by atoms with Gasteiger partial charge in [-0.15, -0.1) is 0 Å². The molecule has 1 heterocycles. The third kappa shape index (κ3) is 5.48. The van der Waals surface area contributed by atoms with Gasteiger partial charge in [-0.2, -0.15) is 0 Å². The summed E-state index contributed by atoms with van der Waals surface area (Å²) in [4.78, 5) is 8.71. The van der Waals surface area contributed by atoms with Gasteiger partial charge in [-0.25, -0.2) is 4.98 Å². The van der Waals surface area contributed by atoms with E-state index >= 15 is 0 Å². The fourth-order valence-corrected chi connectivity index (χ4v) is 1.92. The van der Waals surface area contributed by atoms with Crippen LogP contribution in [0.5, 0.6) is 0 Å². The van der Waals surface area contributed by atoms with Gasteiger partial charge in [0.05, 0.1) is 0 Å². The number of pyridine rings is 1. The Hall–Kier alpha value is -0.640. The van der Waals surface area contributed by atoms with Gasteiger partial charge in [-0.3, -0.25) is 4.90 Å². The number of halogens is 1. The molecule has 0 aliphatic carbocycles. The molecule has 4 heteroatoms. The Bertz CT molecular complexity index is 328. The van der Waals surface area contributed by atoms with E-state index in [0.29, 0.717) is 5.15 Å². The molecule has 0 fully saturated rings. The molecule has 1 rings (SSSR count). The van der Waals surface area contributed by atoms with E-state index < -0.39 is 0 Å². The lowest BCUT2D eigenvalue weighted by Crippen LogP contribution is -2.27. The van der Waals surface area contributed by atoms with Crippen molar-refractivity contribution in [2.75, 3.05) is 33.7 Å². The molecule has 0 N–H and O–H groups in total.